The van der Waals surface area contributed by atoms with Gasteiger partial charge in [-0.1, -0.05) is 6.92 Å². The van der Waals surface area contributed by atoms with Gasteiger partial charge in [0.2, 0.25) is 0 Å². The molecule has 0 aromatic heterocycles. The number of thioether (sulfide) groups is 1. The van der Waals surface area contributed by atoms with Crippen molar-refractivity contribution in [1.82, 2.24) is 10.6 Å². The zero-order valence-corrected chi connectivity index (χ0v) is 9.40. The zero-order valence-electron chi connectivity index (χ0n) is 8.58. The minimum Gasteiger partial charge on any atom is -0.352 e. The van der Waals surface area contributed by atoms with Gasteiger partial charge < -0.3 is 16.4 Å². The number of hydrogen-bond donors (Lipinski definition) is 3. The van der Waals surface area contributed by atoms with Crippen molar-refractivity contribution in [2.45, 2.75) is 31.1 Å². The van der Waals surface area contributed by atoms with Crippen molar-refractivity contribution in [1.29, 1.82) is 0 Å². The lowest BCUT2D eigenvalue weighted by Crippen LogP contribution is -2.43. The number of nitrogens with one attached hydrogen (secondary N) is 2. The van der Waals surface area contributed by atoms with Crippen LogP contribution in [0.2, 0.25) is 0 Å². The number of hydrogen-bond acceptors (Lipinski definition) is 3. The Hall–Kier alpha value is -0.420. The van der Waals surface area contributed by atoms with Crippen molar-refractivity contribution < 1.29 is 4.79 Å². The number of rotatable bonds is 4. The largest absolute Gasteiger partial charge is 0.352 e. The minimum atomic E-state index is -0.446. The molecule has 0 bridgehead atoms. The zero-order chi connectivity index (χ0) is 10.4. The monoisotopic (exact) mass is 217 g/mol. The Bertz CT molecular complexity index is 189. The van der Waals surface area contributed by atoms with Crippen LogP contribution in [0.3, 0.4) is 0 Å². The first-order valence-electron chi connectivity index (χ1n) is 5.08. The highest BCUT2D eigenvalue weighted by Gasteiger charge is 2.20. The lowest BCUT2D eigenvalue weighted by Gasteiger charge is -2.29. The van der Waals surface area contributed by atoms with Gasteiger partial charge in [0.25, 0.3) is 0 Å². The molecule has 1 aliphatic heterocycles. The average molecular weight is 217 g/mol. The highest BCUT2D eigenvalue weighted by molar-refractivity contribution is 7.99. The molecule has 0 aromatic carbocycles. The maximum atomic E-state index is 10.4. The third-order valence-electron chi connectivity index (χ3n) is 2.44. The second-order valence-corrected chi connectivity index (χ2v) is 5.05. The Morgan fingerprint density at radius 2 is 2.36 bits per heavy atom. The molecule has 0 radical (unpaired) electrons. The number of urea groups is 1. The molecule has 5 heteroatoms. The second-order valence-electron chi connectivity index (χ2n) is 3.57. The van der Waals surface area contributed by atoms with Gasteiger partial charge in [-0.25, -0.2) is 4.79 Å². The molecule has 82 valence electrons. The SMILES string of the molecule is CC1SCCCC1NCCNC(N)=O. The standard InChI is InChI=1S/C9H19N3OS/c1-7-8(3-2-6-14-7)11-4-5-12-9(10)13/h7-8,11H,2-6H2,1H3,(H3,10,12,13). The Balaban J connectivity index is 2.07. The van der Waals surface area contributed by atoms with Crippen LogP contribution in [0.15, 0.2) is 0 Å². The lowest BCUT2D eigenvalue weighted by atomic mass is 10.1. The maximum absolute atomic E-state index is 10.4. The van der Waals surface area contributed by atoms with E-state index in [2.05, 4.69) is 17.6 Å². The van der Waals surface area contributed by atoms with Crippen LogP contribution in [-0.2, 0) is 0 Å². The van der Waals surface area contributed by atoms with Crippen LogP contribution in [0.25, 0.3) is 0 Å². The summed E-state index contributed by atoms with van der Waals surface area (Å²) in [5.41, 5.74) is 4.96. The fraction of sp³-hybridized carbons (Fsp3) is 0.889. The summed E-state index contributed by atoms with van der Waals surface area (Å²) in [7, 11) is 0. The molecule has 2 unspecified atom stereocenters. The van der Waals surface area contributed by atoms with Gasteiger partial charge in [-0.3, -0.25) is 0 Å². The Morgan fingerprint density at radius 1 is 1.57 bits per heavy atom. The molecule has 2 atom stereocenters. The number of amides is 2. The molecule has 14 heavy (non-hydrogen) atoms. The van der Waals surface area contributed by atoms with E-state index in [1.54, 1.807) is 0 Å². The summed E-state index contributed by atoms with van der Waals surface area (Å²) >= 11 is 2.02. The summed E-state index contributed by atoms with van der Waals surface area (Å²) in [6.45, 7) is 3.67. The lowest BCUT2D eigenvalue weighted by molar-refractivity contribution is 0.248. The van der Waals surface area contributed by atoms with E-state index >= 15 is 0 Å². The van der Waals surface area contributed by atoms with E-state index in [1.807, 2.05) is 11.8 Å². The summed E-state index contributed by atoms with van der Waals surface area (Å²) in [4.78, 5) is 10.4. The van der Waals surface area contributed by atoms with E-state index in [0.29, 0.717) is 17.8 Å². The number of nitrogens with two attached hydrogens (primary N) is 1. The number of carbonyl (C=O) groups excluding carboxylic acids is 1. The Kier molecular flexibility index (Phi) is 5.11. The summed E-state index contributed by atoms with van der Waals surface area (Å²) in [6, 6.07) is 0.140. The summed E-state index contributed by atoms with van der Waals surface area (Å²) in [6.07, 6.45) is 2.53. The van der Waals surface area contributed by atoms with E-state index in [4.69, 9.17) is 5.73 Å². The van der Waals surface area contributed by atoms with Crippen LogP contribution in [0, 0.1) is 0 Å². The van der Waals surface area contributed by atoms with Crippen LogP contribution < -0.4 is 16.4 Å². The quantitative estimate of drug-likeness (QED) is 0.602. The van der Waals surface area contributed by atoms with Gasteiger partial charge >= 0.3 is 6.03 Å². The van der Waals surface area contributed by atoms with Crippen LogP contribution in [0.1, 0.15) is 19.8 Å². The van der Waals surface area contributed by atoms with Gasteiger partial charge in [0.05, 0.1) is 0 Å². The van der Waals surface area contributed by atoms with Crippen molar-refractivity contribution >= 4 is 17.8 Å². The third-order valence-corrected chi connectivity index (χ3v) is 3.82. The highest BCUT2D eigenvalue weighted by atomic mass is 32.2. The molecule has 1 fully saturated rings. The predicted molar refractivity (Wildman–Crippen MR) is 60.5 cm³/mol. The molecule has 4 N–H and O–H groups in total. The van der Waals surface area contributed by atoms with Gasteiger partial charge in [-0.15, -0.1) is 0 Å². The molecular formula is C9H19N3OS. The van der Waals surface area contributed by atoms with Gasteiger partial charge in [0.15, 0.2) is 0 Å². The van der Waals surface area contributed by atoms with Crippen LogP contribution in [-0.4, -0.2) is 36.2 Å². The van der Waals surface area contributed by atoms with Crippen LogP contribution in [0.4, 0.5) is 4.79 Å². The molecule has 2 amide bonds. The Morgan fingerprint density at radius 3 is 3.00 bits per heavy atom. The van der Waals surface area contributed by atoms with E-state index < -0.39 is 6.03 Å². The van der Waals surface area contributed by atoms with Crippen molar-refractivity contribution in [2.75, 3.05) is 18.8 Å². The van der Waals surface area contributed by atoms with Gasteiger partial charge in [-0.2, -0.15) is 11.8 Å². The van der Waals surface area contributed by atoms with Gasteiger partial charge in [0, 0.05) is 24.4 Å². The first-order valence-corrected chi connectivity index (χ1v) is 6.13. The van der Waals surface area contributed by atoms with Crippen molar-refractivity contribution in [2.24, 2.45) is 5.73 Å². The van der Waals surface area contributed by atoms with E-state index in [1.165, 1.54) is 18.6 Å². The molecule has 0 spiro atoms. The number of primary amides is 1. The predicted octanol–water partition coefficient (Wildman–Crippen LogP) is 0.528. The normalized spacial score (nSPS) is 27.2. The molecular weight excluding hydrogens is 198 g/mol. The highest BCUT2D eigenvalue weighted by Crippen LogP contribution is 2.24. The van der Waals surface area contributed by atoms with E-state index in [-0.39, 0.29) is 0 Å². The first-order chi connectivity index (χ1) is 6.70. The van der Waals surface area contributed by atoms with Gasteiger partial charge in [-0.05, 0) is 18.6 Å². The fourth-order valence-corrected chi connectivity index (χ4v) is 2.80. The van der Waals surface area contributed by atoms with Gasteiger partial charge in [0.1, 0.15) is 0 Å². The molecule has 1 rings (SSSR count). The third kappa shape index (κ3) is 4.19. The smallest absolute Gasteiger partial charge is 0.312 e. The van der Waals surface area contributed by atoms with Crippen molar-refractivity contribution in [3.8, 4) is 0 Å². The van der Waals surface area contributed by atoms with E-state index in [0.717, 1.165) is 6.54 Å². The molecule has 0 aromatic rings. The summed E-state index contributed by atoms with van der Waals surface area (Å²) < 4.78 is 0. The molecule has 1 aliphatic rings. The fourth-order valence-electron chi connectivity index (χ4n) is 1.63. The molecule has 0 aliphatic carbocycles. The topological polar surface area (TPSA) is 67.2 Å². The molecule has 1 saturated heterocycles. The maximum Gasteiger partial charge on any atom is 0.312 e. The molecule has 0 saturated carbocycles. The van der Waals surface area contributed by atoms with E-state index in [9.17, 15) is 4.79 Å². The summed E-state index contributed by atoms with van der Waals surface area (Å²) in [5.74, 6) is 1.28. The van der Waals surface area contributed by atoms with Crippen molar-refractivity contribution in [3.63, 3.8) is 0 Å². The van der Waals surface area contributed by atoms with Crippen molar-refractivity contribution in [3.05, 3.63) is 0 Å². The van der Waals surface area contributed by atoms with Crippen LogP contribution in [0.5, 0.6) is 0 Å². The molecule has 1 heterocycles. The Labute approximate surface area is 89.4 Å². The molecule has 4 nitrogen and oxygen atoms in total. The first kappa shape index (κ1) is 11.7. The second kappa shape index (κ2) is 6.14. The average Bonchev–Trinajstić information content (AvgIpc) is 2.15. The summed E-state index contributed by atoms with van der Waals surface area (Å²) in [5, 5.41) is 6.68. The number of carbonyl (C=O) groups is 1. The minimum absolute atomic E-state index is 0.446. The van der Waals surface area contributed by atoms with Crippen LogP contribution >= 0.6 is 11.8 Å².